The van der Waals surface area contributed by atoms with Crippen LogP contribution in [0.15, 0.2) is 52.0 Å². The Labute approximate surface area is 162 Å². The Bertz CT molecular complexity index is 1090. The van der Waals surface area contributed by atoms with Gasteiger partial charge in [-0.05, 0) is 49.6 Å². The molecule has 0 atom stereocenters. The molecule has 1 fully saturated rings. The van der Waals surface area contributed by atoms with Crippen molar-refractivity contribution in [1.29, 1.82) is 0 Å². The molecule has 9 heteroatoms. The second-order valence-corrected chi connectivity index (χ2v) is 8.45. The third-order valence-corrected chi connectivity index (χ3v) is 6.17. The summed E-state index contributed by atoms with van der Waals surface area (Å²) in [6.07, 6.45) is 4.62. The van der Waals surface area contributed by atoms with Gasteiger partial charge in [-0.2, -0.15) is 0 Å². The summed E-state index contributed by atoms with van der Waals surface area (Å²) in [6, 6.07) is 9.68. The van der Waals surface area contributed by atoms with E-state index < -0.39 is 10.0 Å². The minimum Gasteiger partial charge on any atom is -0.355 e. The van der Waals surface area contributed by atoms with Crippen molar-refractivity contribution in [2.24, 2.45) is 0 Å². The lowest BCUT2D eigenvalue weighted by Crippen LogP contribution is -2.35. The van der Waals surface area contributed by atoms with Crippen LogP contribution in [-0.4, -0.2) is 42.5 Å². The monoisotopic (exact) mass is 400 g/mol. The predicted molar refractivity (Wildman–Crippen MR) is 102 cm³/mol. The molecule has 1 amide bonds. The molecule has 1 N–H and O–H groups in total. The number of piperidine rings is 1. The van der Waals surface area contributed by atoms with Crippen LogP contribution in [0.25, 0.3) is 11.0 Å². The van der Waals surface area contributed by atoms with E-state index in [1.807, 2.05) is 0 Å². The van der Waals surface area contributed by atoms with Crippen molar-refractivity contribution in [3.63, 3.8) is 0 Å². The Morgan fingerprint density at radius 3 is 2.71 bits per heavy atom. The Morgan fingerprint density at radius 1 is 1.14 bits per heavy atom. The number of hydrogen-bond acceptors (Lipinski definition) is 6. The quantitative estimate of drug-likeness (QED) is 0.705. The van der Waals surface area contributed by atoms with Crippen molar-refractivity contribution in [2.75, 3.05) is 13.1 Å². The highest BCUT2D eigenvalue weighted by atomic mass is 32.2. The average molecular weight is 400 g/mol. The Kier molecular flexibility index (Phi) is 5.10. The minimum absolute atomic E-state index is 0.0480. The van der Waals surface area contributed by atoms with Gasteiger partial charge in [0.15, 0.2) is 11.3 Å². The molecule has 1 aliphatic heterocycles. The van der Waals surface area contributed by atoms with Crippen LogP contribution in [-0.2, 0) is 16.6 Å². The van der Waals surface area contributed by atoms with Crippen molar-refractivity contribution in [1.82, 2.24) is 19.8 Å². The highest BCUT2D eigenvalue weighted by Crippen LogP contribution is 2.24. The molecule has 0 radical (unpaired) electrons. The first-order valence-electron chi connectivity index (χ1n) is 9.13. The number of pyridine rings is 1. The normalized spacial score (nSPS) is 15.1. The van der Waals surface area contributed by atoms with E-state index >= 15 is 0 Å². The molecular weight excluding hydrogens is 380 g/mol. The van der Waals surface area contributed by atoms with E-state index in [1.54, 1.807) is 29.3 Å². The number of likely N-dealkylation sites (tertiary alicyclic amines) is 1. The van der Waals surface area contributed by atoms with Crippen molar-refractivity contribution in [2.45, 2.75) is 30.7 Å². The SMILES string of the molecule is O=C(c1noc2ccc(S(=O)(=O)NCc3ccccn3)cc12)N1CCCCC1. The molecule has 3 aromatic rings. The number of aromatic nitrogens is 2. The average Bonchev–Trinajstić information content (AvgIpc) is 3.16. The standard InChI is InChI=1S/C19H20N4O4S/c24-19(23-10-4-1-5-11-23)18-16-12-15(7-8-17(16)27-22-18)28(25,26)21-13-14-6-2-3-9-20-14/h2-3,6-9,12,21H,1,4-5,10-11,13H2. The number of carbonyl (C=O) groups excluding carboxylic acids is 1. The summed E-state index contributed by atoms with van der Waals surface area (Å²) in [4.78, 5) is 18.7. The Hall–Kier alpha value is -2.78. The van der Waals surface area contributed by atoms with Gasteiger partial charge in [-0.3, -0.25) is 9.78 Å². The highest BCUT2D eigenvalue weighted by molar-refractivity contribution is 7.89. The van der Waals surface area contributed by atoms with Crippen molar-refractivity contribution >= 4 is 26.9 Å². The van der Waals surface area contributed by atoms with Gasteiger partial charge in [-0.15, -0.1) is 0 Å². The largest absolute Gasteiger partial charge is 0.355 e. The van der Waals surface area contributed by atoms with E-state index in [0.29, 0.717) is 29.8 Å². The number of benzene rings is 1. The second kappa shape index (κ2) is 7.69. The second-order valence-electron chi connectivity index (χ2n) is 6.69. The summed E-state index contributed by atoms with van der Waals surface area (Å²) in [5.41, 5.74) is 1.14. The van der Waals surface area contributed by atoms with Crippen LogP contribution in [0.1, 0.15) is 35.4 Å². The number of sulfonamides is 1. The molecule has 4 rings (SSSR count). The summed E-state index contributed by atoms with van der Waals surface area (Å²) in [5.74, 6) is -0.227. The summed E-state index contributed by atoms with van der Waals surface area (Å²) < 4.78 is 33.1. The molecule has 0 bridgehead atoms. The van der Waals surface area contributed by atoms with Crippen molar-refractivity contribution in [3.05, 3.63) is 54.0 Å². The van der Waals surface area contributed by atoms with Gasteiger partial charge in [-0.25, -0.2) is 13.1 Å². The minimum atomic E-state index is -3.78. The lowest BCUT2D eigenvalue weighted by Gasteiger charge is -2.25. The third kappa shape index (κ3) is 3.76. The fourth-order valence-electron chi connectivity index (χ4n) is 3.24. The fraction of sp³-hybridized carbons (Fsp3) is 0.316. The van der Waals surface area contributed by atoms with Gasteiger partial charge < -0.3 is 9.42 Å². The van der Waals surface area contributed by atoms with E-state index in [1.165, 1.54) is 18.2 Å². The van der Waals surface area contributed by atoms with Crippen LogP contribution in [0.2, 0.25) is 0 Å². The molecular formula is C19H20N4O4S. The van der Waals surface area contributed by atoms with E-state index in [2.05, 4.69) is 14.9 Å². The molecule has 0 unspecified atom stereocenters. The number of rotatable bonds is 5. The zero-order chi connectivity index (χ0) is 19.6. The van der Waals surface area contributed by atoms with Gasteiger partial charge in [0.25, 0.3) is 5.91 Å². The van der Waals surface area contributed by atoms with E-state index in [0.717, 1.165) is 19.3 Å². The molecule has 0 spiro atoms. The zero-order valence-corrected chi connectivity index (χ0v) is 16.0. The lowest BCUT2D eigenvalue weighted by molar-refractivity contribution is 0.0716. The molecule has 1 aromatic carbocycles. The number of carbonyl (C=O) groups is 1. The summed E-state index contributed by atoms with van der Waals surface area (Å²) >= 11 is 0. The molecule has 146 valence electrons. The third-order valence-electron chi connectivity index (χ3n) is 4.77. The van der Waals surface area contributed by atoms with Gasteiger partial charge in [0, 0.05) is 19.3 Å². The van der Waals surface area contributed by atoms with E-state index in [4.69, 9.17) is 4.52 Å². The number of hydrogen-bond donors (Lipinski definition) is 1. The molecule has 0 saturated carbocycles. The van der Waals surface area contributed by atoms with Crippen LogP contribution >= 0.6 is 0 Å². The van der Waals surface area contributed by atoms with Gasteiger partial charge in [0.2, 0.25) is 10.0 Å². The molecule has 28 heavy (non-hydrogen) atoms. The number of amides is 1. The first-order valence-corrected chi connectivity index (χ1v) is 10.6. The predicted octanol–water partition coefficient (Wildman–Crippen LogP) is 2.33. The van der Waals surface area contributed by atoms with Gasteiger partial charge in [-0.1, -0.05) is 11.2 Å². The van der Waals surface area contributed by atoms with Crippen molar-refractivity contribution < 1.29 is 17.7 Å². The maximum Gasteiger partial charge on any atom is 0.276 e. The highest BCUT2D eigenvalue weighted by Gasteiger charge is 2.25. The first-order chi connectivity index (χ1) is 13.5. The number of fused-ring (bicyclic) bond motifs is 1. The molecule has 1 saturated heterocycles. The van der Waals surface area contributed by atoms with Crippen LogP contribution < -0.4 is 4.72 Å². The van der Waals surface area contributed by atoms with E-state index in [-0.39, 0.29) is 23.0 Å². The summed E-state index contributed by atoms with van der Waals surface area (Å²) in [5, 5.41) is 4.30. The van der Waals surface area contributed by atoms with Crippen LogP contribution in [0.4, 0.5) is 0 Å². The molecule has 1 aliphatic rings. The Balaban J connectivity index is 1.60. The molecule has 3 heterocycles. The summed E-state index contributed by atoms with van der Waals surface area (Å²) in [6.45, 7) is 1.43. The Morgan fingerprint density at radius 2 is 1.96 bits per heavy atom. The summed E-state index contributed by atoms with van der Waals surface area (Å²) in [7, 11) is -3.78. The fourth-order valence-corrected chi connectivity index (χ4v) is 4.27. The van der Waals surface area contributed by atoms with Gasteiger partial charge in [0.05, 0.1) is 22.5 Å². The van der Waals surface area contributed by atoms with Crippen LogP contribution in [0.5, 0.6) is 0 Å². The molecule has 0 aliphatic carbocycles. The maximum absolute atomic E-state index is 12.8. The lowest BCUT2D eigenvalue weighted by atomic mass is 10.1. The first kappa shape index (κ1) is 18.6. The van der Waals surface area contributed by atoms with Crippen LogP contribution in [0.3, 0.4) is 0 Å². The molecule has 8 nitrogen and oxygen atoms in total. The van der Waals surface area contributed by atoms with Crippen LogP contribution in [0, 0.1) is 0 Å². The van der Waals surface area contributed by atoms with Crippen molar-refractivity contribution in [3.8, 4) is 0 Å². The topological polar surface area (TPSA) is 105 Å². The maximum atomic E-state index is 12.8. The number of nitrogens with one attached hydrogen (secondary N) is 1. The number of nitrogens with zero attached hydrogens (tertiary/aromatic N) is 3. The van der Waals surface area contributed by atoms with Gasteiger partial charge in [0.1, 0.15) is 0 Å². The molecule has 2 aromatic heterocycles. The van der Waals surface area contributed by atoms with E-state index in [9.17, 15) is 13.2 Å². The zero-order valence-electron chi connectivity index (χ0n) is 15.2. The smallest absolute Gasteiger partial charge is 0.276 e. The van der Waals surface area contributed by atoms with Gasteiger partial charge >= 0.3 is 0 Å².